The monoisotopic (exact) mass is 320 g/mol. The molecule has 1 N–H and O–H groups in total. The number of benzene rings is 1. The maximum atomic E-state index is 5.72. The minimum atomic E-state index is 0.618. The van der Waals surface area contributed by atoms with Gasteiger partial charge in [-0.05, 0) is 45.5 Å². The Morgan fingerprint density at radius 2 is 1.82 bits per heavy atom. The number of likely N-dealkylation sites (N-methyl/N-ethyl adjacent to an activating group) is 1. The third-order valence-corrected chi connectivity index (χ3v) is 4.22. The van der Waals surface area contributed by atoms with Gasteiger partial charge in [-0.3, -0.25) is 0 Å². The Hall–Kier alpha value is -1.59. The average Bonchev–Trinajstić information content (AvgIpc) is 2.97. The van der Waals surface area contributed by atoms with Crippen molar-refractivity contribution < 1.29 is 9.47 Å². The van der Waals surface area contributed by atoms with Crippen LogP contribution in [0.5, 0.6) is 11.5 Å². The second-order valence-electron chi connectivity index (χ2n) is 4.96. The van der Waals surface area contributed by atoms with Crippen molar-refractivity contribution in [3.8, 4) is 22.8 Å². The largest absolute Gasteiger partial charge is 0.490 e. The van der Waals surface area contributed by atoms with Gasteiger partial charge in [0.15, 0.2) is 11.5 Å². The number of hydrogen-bond donors (Lipinski definition) is 1. The number of aromatic nitrogens is 1. The molecule has 0 bridgehead atoms. The predicted octanol–water partition coefficient (Wildman–Crippen LogP) is 3.68. The Kier molecular flexibility index (Phi) is 6.21. The van der Waals surface area contributed by atoms with Crippen LogP contribution in [-0.2, 0) is 6.42 Å². The lowest BCUT2D eigenvalue weighted by atomic mass is 10.1. The maximum absolute atomic E-state index is 5.72. The summed E-state index contributed by atoms with van der Waals surface area (Å²) in [6, 6.07) is 4.08. The molecule has 2 rings (SSSR count). The molecular formula is C17H24N2O2S. The fourth-order valence-corrected chi connectivity index (χ4v) is 3.05. The van der Waals surface area contributed by atoms with Crippen LogP contribution in [0.2, 0.25) is 0 Å². The number of ether oxygens (including phenoxy) is 2. The molecule has 4 nitrogen and oxygen atoms in total. The number of nitrogens with one attached hydrogen (secondary N) is 1. The molecule has 1 aromatic heterocycles. The van der Waals surface area contributed by atoms with Gasteiger partial charge >= 0.3 is 0 Å². The Morgan fingerprint density at radius 1 is 1.14 bits per heavy atom. The third kappa shape index (κ3) is 3.99. The molecule has 0 atom stereocenters. The van der Waals surface area contributed by atoms with Gasteiger partial charge in [0.2, 0.25) is 0 Å². The van der Waals surface area contributed by atoms with Gasteiger partial charge in [0.1, 0.15) is 0 Å². The van der Waals surface area contributed by atoms with Crippen LogP contribution in [0.3, 0.4) is 0 Å². The summed E-state index contributed by atoms with van der Waals surface area (Å²) in [6.45, 7) is 8.23. The van der Waals surface area contributed by atoms with Crippen LogP contribution >= 0.6 is 11.3 Å². The minimum Gasteiger partial charge on any atom is -0.490 e. The SMILES string of the molecule is CCOc1cc(C)c(-c2csc(CCNC)n2)cc1OCC. The molecule has 0 spiro atoms. The topological polar surface area (TPSA) is 43.4 Å². The van der Waals surface area contributed by atoms with E-state index in [0.29, 0.717) is 13.2 Å². The Balaban J connectivity index is 2.33. The zero-order valence-corrected chi connectivity index (χ0v) is 14.5. The van der Waals surface area contributed by atoms with E-state index in [4.69, 9.17) is 14.5 Å². The van der Waals surface area contributed by atoms with Gasteiger partial charge in [0.25, 0.3) is 0 Å². The molecule has 120 valence electrons. The lowest BCUT2D eigenvalue weighted by Gasteiger charge is -2.14. The summed E-state index contributed by atoms with van der Waals surface area (Å²) in [4.78, 5) is 4.74. The van der Waals surface area contributed by atoms with Gasteiger partial charge in [-0.2, -0.15) is 0 Å². The first kappa shape index (κ1) is 16.8. The summed E-state index contributed by atoms with van der Waals surface area (Å²) in [5.74, 6) is 1.59. The fourth-order valence-electron chi connectivity index (χ4n) is 2.26. The van der Waals surface area contributed by atoms with Crippen LogP contribution in [0.25, 0.3) is 11.3 Å². The Morgan fingerprint density at radius 3 is 2.45 bits per heavy atom. The molecule has 1 heterocycles. The van der Waals surface area contributed by atoms with E-state index in [1.165, 1.54) is 0 Å². The van der Waals surface area contributed by atoms with Gasteiger partial charge in [-0.15, -0.1) is 11.3 Å². The Bertz CT molecular complexity index is 611. The molecule has 0 amide bonds. The molecule has 2 aromatic rings. The van der Waals surface area contributed by atoms with Crippen LogP contribution in [-0.4, -0.2) is 31.8 Å². The first-order valence-electron chi connectivity index (χ1n) is 7.69. The van der Waals surface area contributed by atoms with Crippen molar-refractivity contribution in [2.75, 3.05) is 26.8 Å². The smallest absolute Gasteiger partial charge is 0.161 e. The normalized spacial score (nSPS) is 10.7. The number of hydrogen-bond acceptors (Lipinski definition) is 5. The molecule has 0 fully saturated rings. The van der Waals surface area contributed by atoms with Crippen LogP contribution in [0, 0.1) is 6.92 Å². The van der Waals surface area contributed by atoms with Gasteiger partial charge in [0, 0.05) is 23.9 Å². The standard InChI is InChI=1S/C17H24N2O2S/c1-5-20-15-9-12(3)13(10-16(15)21-6-2)14-11-22-17(19-14)7-8-18-4/h9-11,18H,5-8H2,1-4H3. The van der Waals surface area contributed by atoms with E-state index < -0.39 is 0 Å². The Labute approximate surface area is 136 Å². The lowest BCUT2D eigenvalue weighted by molar-refractivity contribution is 0.287. The van der Waals surface area contributed by atoms with Gasteiger partial charge in [-0.1, -0.05) is 0 Å². The van der Waals surface area contributed by atoms with Crippen LogP contribution in [0.4, 0.5) is 0 Å². The molecule has 0 radical (unpaired) electrons. The predicted molar refractivity (Wildman–Crippen MR) is 92.3 cm³/mol. The summed E-state index contributed by atoms with van der Waals surface area (Å²) in [7, 11) is 1.96. The summed E-state index contributed by atoms with van der Waals surface area (Å²) >= 11 is 1.70. The lowest BCUT2D eigenvalue weighted by Crippen LogP contribution is -2.09. The van der Waals surface area contributed by atoms with Crippen LogP contribution < -0.4 is 14.8 Å². The molecule has 0 aliphatic rings. The zero-order chi connectivity index (χ0) is 15.9. The molecular weight excluding hydrogens is 296 g/mol. The first-order chi connectivity index (χ1) is 10.7. The highest BCUT2D eigenvalue weighted by Gasteiger charge is 2.13. The molecule has 0 saturated heterocycles. The molecule has 0 saturated carbocycles. The van der Waals surface area contributed by atoms with E-state index in [1.807, 2.05) is 33.0 Å². The zero-order valence-electron chi connectivity index (χ0n) is 13.7. The second kappa shape index (κ2) is 8.15. The van der Waals surface area contributed by atoms with Crippen molar-refractivity contribution in [1.82, 2.24) is 10.3 Å². The highest BCUT2D eigenvalue weighted by atomic mass is 32.1. The number of nitrogens with zero attached hydrogens (tertiary/aromatic N) is 1. The molecule has 0 aliphatic carbocycles. The average molecular weight is 320 g/mol. The second-order valence-corrected chi connectivity index (χ2v) is 5.90. The van der Waals surface area contributed by atoms with E-state index in [-0.39, 0.29) is 0 Å². The van der Waals surface area contributed by atoms with E-state index >= 15 is 0 Å². The fraction of sp³-hybridized carbons (Fsp3) is 0.471. The van der Waals surface area contributed by atoms with Gasteiger partial charge < -0.3 is 14.8 Å². The highest BCUT2D eigenvalue weighted by molar-refractivity contribution is 7.09. The molecule has 5 heteroatoms. The van der Waals surface area contributed by atoms with Crippen molar-refractivity contribution in [3.05, 3.63) is 28.1 Å². The van der Waals surface area contributed by atoms with E-state index in [0.717, 1.165) is 46.3 Å². The van der Waals surface area contributed by atoms with E-state index in [1.54, 1.807) is 11.3 Å². The first-order valence-corrected chi connectivity index (χ1v) is 8.57. The van der Waals surface area contributed by atoms with Gasteiger partial charge in [0.05, 0.1) is 23.9 Å². The summed E-state index contributed by atoms with van der Waals surface area (Å²) in [5, 5.41) is 6.42. The quantitative estimate of drug-likeness (QED) is 0.806. The van der Waals surface area contributed by atoms with Crippen molar-refractivity contribution in [2.45, 2.75) is 27.2 Å². The van der Waals surface area contributed by atoms with Crippen LogP contribution in [0.1, 0.15) is 24.4 Å². The molecule has 0 unspecified atom stereocenters. The van der Waals surface area contributed by atoms with Crippen molar-refractivity contribution in [2.24, 2.45) is 0 Å². The highest BCUT2D eigenvalue weighted by Crippen LogP contribution is 2.36. The van der Waals surface area contributed by atoms with E-state index in [9.17, 15) is 0 Å². The number of aryl methyl sites for hydroxylation is 1. The van der Waals surface area contributed by atoms with Gasteiger partial charge in [-0.25, -0.2) is 4.98 Å². The van der Waals surface area contributed by atoms with E-state index in [2.05, 4.69) is 17.6 Å². The summed E-state index contributed by atoms with van der Waals surface area (Å²) in [5.41, 5.74) is 3.27. The minimum absolute atomic E-state index is 0.618. The maximum Gasteiger partial charge on any atom is 0.161 e. The van der Waals surface area contributed by atoms with Crippen LogP contribution in [0.15, 0.2) is 17.5 Å². The van der Waals surface area contributed by atoms with Crippen molar-refractivity contribution in [1.29, 1.82) is 0 Å². The molecule has 22 heavy (non-hydrogen) atoms. The van der Waals surface area contributed by atoms with Crippen molar-refractivity contribution in [3.63, 3.8) is 0 Å². The molecule has 0 aliphatic heterocycles. The summed E-state index contributed by atoms with van der Waals surface area (Å²) in [6.07, 6.45) is 0.954. The number of thiazole rings is 1. The third-order valence-electron chi connectivity index (χ3n) is 3.31. The van der Waals surface area contributed by atoms with Crippen molar-refractivity contribution >= 4 is 11.3 Å². The molecule has 1 aromatic carbocycles. The summed E-state index contributed by atoms with van der Waals surface area (Å²) < 4.78 is 11.4. The number of rotatable bonds is 8.